The lowest BCUT2D eigenvalue weighted by atomic mass is 10.3. The summed E-state index contributed by atoms with van der Waals surface area (Å²) in [7, 11) is 1.86. The predicted octanol–water partition coefficient (Wildman–Crippen LogP) is 1.91. The summed E-state index contributed by atoms with van der Waals surface area (Å²) in [5.41, 5.74) is 0.901. The van der Waals surface area contributed by atoms with Crippen molar-refractivity contribution in [3.63, 3.8) is 0 Å². The Morgan fingerprint density at radius 3 is 2.62 bits per heavy atom. The van der Waals surface area contributed by atoms with E-state index >= 15 is 0 Å². The molecule has 5 nitrogen and oxygen atoms in total. The van der Waals surface area contributed by atoms with Gasteiger partial charge in [-0.05, 0) is 61.5 Å². The maximum atomic E-state index is 3.98. The number of benzene rings is 1. The monoisotopic (exact) mass is 345 g/mol. The smallest absolute Gasteiger partial charge is 0.170 e. The summed E-state index contributed by atoms with van der Waals surface area (Å²) in [5.74, 6) is 0.759. The van der Waals surface area contributed by atoms with Crippen LogP contribution >= 0.6 is 31.9 Å². The van der Waals surface area contributed by atoms with Crippen molar-refractivity contribution in [1.82, 2.24) is 25.5 Å². The van der Waals surface area contributed by atoms with Gasteiger partial charge in [0.1, 0.15) is 0 Å². The molecule has 84 valence electrons. The van der Waals surface area contributed by atoms with Gasteiger partial charge in [-0.1, -0.05) is 6.07 Å². The number of aromatic nitrogens is 4. The third-order valence-electron chi connectivity index (χ3n) is 2.02. The molecule has 0 saturated carbocycles. The van der Waals surface area contributed by atoms with Crippen molar-refractivity contribution in [2.75, 3.05) is 7.05 Å². The van der Waals surface area contributed by atoms with E-state index in [1.54, 1.807) is 4.68 Å². The Bertz CT molecular complexity index is 476. The highest BCUT2D eigenvalue weighted by Gasteiger charge is 2.13. The molecule has 0 aliphatic heterocycles. The van der Waals surface area contributed by atoms with Gasteiger partial charge in [0.2, 0.25) is 0 Å². The highest BCUT2D eigenvalue weighted by molar-refractivity contribution is 9.11. The van der Waals surface area contributed by atoms with Crippen LogP contribution < -0.4 is 5.32 Å². The van der Waals surface area contributed by atoms with Crippen LogP contribution in [0.1, 0.15) is 5.82 Å². The van der Waals surface area contributed by atoms with E-state index in [1.165, 1.54) is 0 Å². The summed E-state index contributed by atoms with van der Waals surface area (Å²) in [6.45, 7) is 0.612. The molecule has 0 bridgehead atoms. The molecule has 0 atom stereocenters. The summed E-state index contributed by atoms with van der Waals surface area (Å²) in [6, 6.07) is 5.84. The second-order valence-electron chi connectivity index (χ2n) is 3.11. The third kappa shape index (κ3) is 2.16. The molecule has 2 aromatic rings. The van der Waals surface area contributed by atoms with E-state index in [0.29, 0.717) is 6.54 Å². The molecule has 2 rings (SSSR count). The van der Waals surface area contributed by atoms with Crippen molar-refractivity contribution in [2.24, 2.45) is 0 Å². The molecule has 0 amide bonds. The number of tetrazole rings is 1. The minimum atomic E-state index is 0.612. The summed E-state index contributed by atoms with van der Waals surface area (Å²) in [5, 5.41) is 14.7. The quantitative estimate of drug-likeness (QED) is 0.922. The molecule has 0 spiro atoms. The summed E-state index contributed by atoms with van der Waals surface area (Å²) >= 11 is 6.97. The molecule has 0 aliphatic carbocycles. The van der Waals surface area contributed by atoms with Gasteiger partial charge in [0, 0.05) is 8.95 Å². The molecule has 16 heavy (non-hydrogen) atoms. The van der Waals surface area contributed by atoms with Gasteiger partial charge in [0.15, 0.2) is 5.82 Å². The zero-order chi connectivity index (χ0) is 11.5. The van der Waals surface area contributed by atoms with Crippen LogP contribution in [0.4, 0.5) is 0 Å². The predicted molar refractivity (Wildman–Crippen MR) is 67.3 cm³/mol. The van der Waals surface area contributed by atoms with Gasteiger partial charge < -0.3 is 5.32 Å². The van der Waals surface area contributed by atoms with Gasteiger partial charge in [0.25, 0.3) is 0 Å². The van der Waals surface area contributed by atoms with Crippen LogP contribution in [0.5, 0.6) is 0 Å². The highest BCUT2D eigenvalue weighted by atomic mass is 79.9. The first-order valence-electron chi connectivity index (χ1n) is 4.60. The standard InChI is InChI=1S/C9H9Br2N5/c1-12-5-8-13-14-15-16(8)9-6(10)3-2-4-7(9)11/h2-4,12H,5H2,1H3. The second kappa shape index (κ2) is 5.03. The lowest BCUT2D eigenvalue weighted by Gasteiger charge is -2.08. The lowest BCUT2D eigenvalue weighted by Crippen LogP contribution is -2.12. The van der Waals surface area contributed by atoms with E-state index in [2.05, 4.69) is 52.7 Å². The van der Waals surface area contributed by atoms with Gasteiger partial charge in [-0.15, -0.1) is 5.10 Å². The molecule has 1 heterocycles. The van der Waals surface area contributed by atoms with Crippen LogP contribution in [0.15, 0.2) is 27.1 Å². The van der Waals surface area contributed by atoms with E-state index in [4.69, 9.17) is 0 Å². The summed E-state index contributed by atoms with van der Waals surface area (Å²) < 4.78 is 3.57. The fourth-order valence-electron chi connectivity index (χ4n) is 1.34. The first-order valence-corrected chi connectivity index (χ1v) is 6.19. The van der Waals surface area contributed by atoms with Crippen molar-refractivity contribution in [3.05, 3.63) is 33.0 Å². The molecule has 0 unspecified atom stereocenters. The van der Waals surface area contributed by atoms with Crippen molar-refractivity contribution in [2.45, 2.75) is 6.54 Å². The van der Waals surface area contributed by atoms with Crippen molar-refractivity contribution < 1.29 is 0 Å². The fraction of sp³-hybridized carbons (Fsp3) is 0.222. The topological polar surface area (TPSA) is 55.6 Å². The van der Waals surface area contributed by atoms with E-state index < -0.39 is 0 Å². The highest BCUT2D eigenvalue weighted by Crippen LogP contribution is 2.28. The third-order valence-corrected chi connectivity index (χ3v) is 3.30. The minimum Gasteiger partial charge on any atom is -0.313 e. The Morgan fingerprint density at radius 1 is 1.31 bits per heavy atom. The zero-order valence-corrected chi connectivity index (χ0v) is 11.7. The van der Waals surface area contributed by atoms with Crippen LogP contribution in [0.2, 0.25) is 0 Å². The van der Waals surface area contributed by atoms with Gasteiger partial charge >= 0.3 is 0 Å². The number of rotatable bonds is 3. The summed E-state index contributed by atoms with van der Waals surface area (Å²) in [6.07, 6.45) is 0. The van der Waals surface area contributed by atoms with Crippen LogP contribution in [0, 0.1) is 0 Å². The Labute approximate surface area is 109 Å². The van der Waals surface area contributed by atoms with Gasteiger partial charge in [-0.2, -0.15) is 4.68 Å². The normalized spacial score (nSPS) is 10.7. The van der Waals surface area contributed by atoms with Crippen molar-refractivity contribution in [3.8, 4) is 5.69 Å². The summed E-state index contributed by atoms with van der Waals surface area (Å²) in [4.78, 5) is 0. The maximum Gasteiger partial charge on any atom is 0.170 e. The molecular formula is C9H9Br2N5. The number of nitrogens with one attached hydrogen (secondary N) is 1. The van der Waals surface area contributed by atoms with Crippen molar-refractivity contribution in [1.29, 1.82) is 0 Å². The molecule has 1 aromatic heterocycles. The average Bonchev–Trinajstić information content (AvgIpc) is 2.67. The van der Waals surface area contributed by atoms with Crippen LogP contribution in [0.3, 0.4) is 0 Å². The first-order chi connectivity index (χ1) is 7.74. The van der Waals surface area contributed by atoms with E-state index in [9.17, 15) is 0 Å². The SMILES string of the molecule is CNCc1nnnn1-c1c(Br)cccc1Br. The minimum absolute atomic E-state index is 0.612. The number of nitrogens with zero attached hydrogens (tertiary/aromatic N) is 4. The van der Waals surface area contributed by atoms with Crippen LogP contribution in [-0.4, -0.2) is 27.3 Å². The Hall–Kier alpha value is -0.790. The van der Waals surface area contributed by atoms with Crippen LogP contribution in [0.25, 0.3) is 5.69 Å². The zero-order valence-electron chi connectivity index (χ0n) is 8.48. The largest absolute Gasteiger partial charge is 0.313 e. The van der Waals surface area contributed by atoms with E-state index in [-0.39, 0.29) is 0 Å². The molecule has 1 N–H and O–H groups in total. The molecule has 0 aliphatic rings. The maximum absolute atomic E-state index is 3.98. The first kappa shape index (κ1) is 11.7. The van der Waals surface area contributed by atoms with Crippen molar-refractivity contribution >= 4 is 31.9 Å². The van der Waals surface area contributed by atoms with Crippen LogP contribution in [-0.2, 0) is 6.54 Å². The average molecular weight is 347 g/mol. The molecule has 0 saturated heterocycles. The van der Waals surface area contributed by atoms with E-state index in [1.807, 2.05) is 25.2 Å². The Morgan fingerprint density at radius 2 is 2.00 bits per heavy atom. The Balaban J connectivity index is 2.54. The number of halogens is 2. The van der Waals surface area contributed by atoms with Gasteiger partial charge in [-0.3, -0.25) is 0 Å². The Kier molecular flexibility index (Phi) is 3.67. The molecule has 1 aromatic carbocycles. The molecule has 0 fully saturated rings. The second-order valence-corrected chi connectivity index (χ2v) is 4.82. The van der Waals surface area contributed by atoms with E-state index in [0.717, 1.165) is 20.5 Å². The lowest BCUT2D eigenvalue weighted by molar-refractivity contribution is 0.706. The molecule has 7 heteroatoms. The molecule has 0 radical (unpaired) electrons. The number of hydrogen-bond donors (Lipinski definition) is 1. The number of para-hydroxylation sites is 1. The number of hydrogen-bond acceptors (Lipinski definition) is 4. The molecular weight excluding hydrogens is 338 g/mol. The fourth-order valence-corrected chi connectivity index (χ4v) is 2.67. The van der Waals surface area contributed by atoms with Gasteiger partial charge in [-0.25, -0.2) is 0 Å². The van der Waals surface area contributed by atoms with Gasteiger partial charge in [0.05, 0.1) is 12.2 Å².